The molecular formula is C18H19FN2O4S. The summed E-state index contributed by atoms with van der Waals surface area (Å²) in [4.78, 5) is 36.7. The quantitative estimate of drug-likeness (QED) is 0.773. The number of halogens is 1. The monoisotopic (exact) mass is 378 g/mol. The zero-order valence-corrected chi connectivity index (χ0v) is 15.7. The number of nitrogens with one attached hydrogen (secondary N) is 2. The number of rotatable bonds is 5. The molecule has 138 valence electrons. The number of benzene rings is 1. The Morgan fingerprint density at radius 2 is 1.88 bits per heavy atom. The number of carbonyl (C=O) groups excluding carboxylic acids is 3. The van der Waals surface area contributed by atoms with Crippen molar-refractivity contribution in [1.29, 1.82) is 0 Å². The molecule has 0 saturated heterocycles. The zero-order valence-electron chi connectivity index (χ0n) is 14.9. The van der Waals surface area contributed by atoms with Crippen molar-refractivity contribution in [1.82, 2.24) is 0 Å². The van der Waals surface area contributed by atoms with E-state index in [9.17, 15) is 18.8 Å². The zero-order chi connectivity index (χ0) is 19.4. The van der Waals surface area contributed by atoms with Gasteiger partial charge in [0.1, 0.15) is 10.8 Å². The average molecular weight is 378 g/mol. The average Bonchev–Trinajstić information content (AvgIpc) is 2.83. The molecule has 2 N–H and O–H groups in total. The number of esters is 1. The van der Waals surface area contributed by atoms with Crippen LogP contribution in [0.5, 0.6) is 0 Å². The standard InChI is InChI=1S/C18H19FN2O4S/c1-5-25-18(24)15-9(2)10(3)26-17(15)21-16(23)13-8-12(20-11(4)22)6-7-14(13)19/h6-8H,5H2,1-4H3,(H,20,22)(H,21,23). The van der Waals surface area contributed by atoms with E-state index in [0.29, 0.717) is 16.3 Å². The highest BCUT2D eigenvalue weighted by atomic mass is 32.1. The molecule has 1 heterocycles. The van der Waals surface area contributed by atoms with Crippen LogP contribution in [0.15, 0.2) is 18.2 Å². The van der Waals surface area contributed by atoms with E-state index in [1.807, 2.05) is 6.92 Å². The maximum absolute atomic E-state index is 14.1. The lowest BCUT2D eigenvalue weighted by atomic mass is 10.1. The smallest absolute Gasteiger partial charge is 0.341 e. The number of amides is 2. The molecule has 6 nitrogen and oxygen atoms in total. The molecule has 2 aromatic rings. The second-order valence-corrected chi connectivity index (χ2v) is 6.76. The van der Waals surface area contributed by atoms with Gasteiger partial charge in [-0.25, -0.2) is 9.18 Å². The highest BCUT2D eigenvalue weighted by Gasteiger charge is 2.23. The first kappa shape index (κ1) is 19.6. The van der Waals surface area contributed by atoms with E-state index >= 15 is 0 Å². The van der Waals surface area contributed by atoms with Gasteiger partial charge in [-0.2, -0.15) is 0 Å². The molecule has 1 aromatic heterocycles. The summed E-state index contributed by atoms with van der Waals surface area (Å²) in [5.74, 6) is -2.34. The summed E-state index contributed by atoms with van der Waals surface area (Å²) in [7, 11) is 0. The first-order chi connectivity index (χ1) is 12.2. The molecule has 1 aromatic carbocycles. The van der Waals surface area contributed by atoms with Crippen molar-refractivity contribution in [2.24, 2.45) is 0 Å². The van der Waals surface area contributed by atoms with Gasteiger partial charge in [0.05, 0.1) is 17.7 Å². The lowest BCUT2D eigenvalue weighted by molar-refractivity contribution is -0.114. The number of hydrogen-bond donors (Lipinski definition) is 2. The number of aryl methyl sites for hydroxylation is 1. The lowest BCUT2D eigenvalue weighted by Crippen LogP contribution is -2.17. The molecule has 2 amide bonds. The summed E-state index contributed by atoms with van der Waals surface area (Å²) in [6, 6.07) is 3.69. The number of carbonyl (C=O) groups is 3. The van der Waals surface area contributed by atoms with E-state index in [0.717, 1.165) is 10.9 Å². The topological polar surface area (TPSA) is 84.5 Å². The Bertz CT molecular complexity index is 876. The molecule has 0 spiro atoms. The van der Waals surface area contributed by atoms with E-state index in [1.165, 1.54) is 30.4 Å². The fraction of sp³-hybridized carbons (Fsp3) is 0.278. The minimum absolute atomic E-state index is 0.202. The molecule has 2 rings (SSSR count). The molecule has 0 radical (unpaired) electrons. The van der Waals surface area contributed by atoms with Crippen molar-refractivity contribution < 1.29 is 23.5 Å². The predicted molar refractivity (Wildman–Crippen MR) is 98.4 cm³/mol. The maximum Gasteiger partial charge on any atom is 0.341 e. The second kappa shape index (κ2) is 8.09. The second-order valence-electron chi connectivity index (χ2n) is 5.54. The molecule has 26 heavy (non-hydrogen) atoms. The third-order valence-corrected chi connectivity index (χ3v) is 4.75. The Morgan fingerprint density at radius 1 is 1.19 bits per heavy atom. The Morgan fingerprint density at radius 3 is 2.50 bits per heavy atom. The summed E-state index contributed by atoms with van der Waals surface area (Å²) in [5, 5.41) is 5.37. The number of thiophene rings is 1. The van der Waals surface area contributed by atoms with E-state index in [2.05, 4.69) is 10.6 Å². The number of ether oxygens (including phenoxy) is 1. The third kappa shape index (κ3) is 4.26. The summed E-state index contributed by atoms with van der Waals surface area (Å²) in [6.45, 7) is 6.77. The van der Waals surface area contributed by atoms with Gasteiger partial charge in [-0.3, -0.25) is 9.59 Å². The molecule has 0 atom stereocenters. The molecule has 0 fully saturated rings. The van der Waals surface area contributed by atoms with Gasteiger partial charge in [0.15, 0.2) is 0 Å². The first-order valence-electron chi connectivity index (χ1n) is 7.90. The van der Waals surface area contributed by atoms with Crippen LogP contribution in [0.4, 0.5) is 15.1 Å². The summed E-state index contributed by atoms with van der Waals surface area (Å²) < 4.78 is 19.1. The Kier molecular flexibility index (Phi) is 6.10. The molecule has 8 heteroatoms. The van der Waals surface area contributed by atoms with Gasteiger partial charge in [-0.1, -0.05) is 0 Å². The molecule has 0 bridgehead atoms. The first-order valence-corrected chi connectivity index (χ1v) is 8.71. The van der Waals surface area contributed by atoms with Gasteiger partial charge in [0.25, 0.3) is 5.91 Å². The highest BCUT2D eigenvalue weighted by Crippen LogP contribution is 2.33. The summed E-state index contributed by atoms with van der Waals surface area (Å²) in [5.41, 5.74) is 1.03. The molecule has 0 aliphatic heterocycles. The van der Waals surface area contributed by atoms with E-state index in [-0.39, 0.29) is 23.6 Å². The minimum Gasteiger partial charge on any atom is -0.462 e. The fourth-order valence-corrected chi connectivity index (χ4v) is 3.36. The van der Waals surface area contributed by atoms with Gasteiger partial charge in [-0.15, -0.1) is 11.3 Å². The van der Waals surface area contributed by atoms with Crippen LogP contribution in [0.2, 0.25) is 0 Å². The summed E-state index contributed by atoms with van der Waals surface area (Å²) >= 11 is 1.21. The minimum atomic E-state index is -0.737. The van der Waals surface area contributed by atoms with Crippen LogP contribution >= 0.6 is 11.3 Å². The summed E-state index contributed by atoms with van der Waals surface area (Å²) in [6.07, 6.45) is 0. The Balaban J connectivity index is 2.35. The van der Waals surface area contributed by atoms with Crippen molar-refractivity contribution >= 4 is 39.8 Å². The lowest BCUT2D eigenvalue weighted by Gasteiger charge is -2.09. The van der Waals surface area contributed by atoms with Crippen LogP contribution in [0.25, 0.3) is 0 Å². The largest absolute Gasteiger partial charge is 0.462 e. The SMILES string of the molecule is CCOC(=O)c1c(NC(=O)c2cc(NC(C)=O)ccc2F)sc(C)c1C. The predicted octanol–water partition coefficient (Wildman–Crippen LogP) is 3.89. The van der Waals surface area contributed by atoms with Gasteiger partial charge >= 0.3 is 5.97 Å². The molecule has 0 aliphatic rings. The van der Waals surface area contributed by atoms with Crippen LogP contribution < -0.4 is 10.6 Å². The van der Waals surface area contributed by atoms with Crippen molar-refractivity contribution in [2.45, 2.75) is 27.7 Å². The molecule has 0 unspecified atom stereocenters. The van der Waals surface area contributed by atoms with Crippen LogP contribution in [-0.4, -0.2) is 24.4 Å². The van der Waals surface area contributed by atoms with Gasteiger partial charge in [0, 0.05) is 17.5 Å². The fourth-order valence-electron chi connectivity index (χ4n) is 2.31. The number of anilines is 2. The Hall–Kier alpha value is -2.74. The van der Waals surface area contributed by atoms with Gasteiger partial charge in [-0.05, 0) is 44.5 Å². The van der Waals surface area contributed by atoms with Gasteiger partial charge < -0.3 is 15.4 Å². The number of hydrogen-bond acceptors (Lipinski definition) is 5. The van der Waals surface area contributed by atoms with Crippen molar-refractivity contribution in [2.75, 3.05) is 17.2 Å². The van der Waals surface area contributed by atoms with E-state index in [4.69, 9.17) is 4.74 Å². The van der Waals surface area contributed by atoms with Gasteiger partial charge in [0.2, 0.25) is 5.91 Å². The van der Waals surface area contributed by atoms with Crippen molar-refractivity contribution in [3.8, 4) is 0 Å². The van der Waals surface area contributed by atoms with Crippen molar-refractivity contribution in [3.05, 3.63) is 45.6 Å². The molecular weight excluding hydrogens is 359 g/mol. The van der Waals surface area contributed by atoms with Crippen molar-refractivity contribution in [3.63, 3.8) is 0 Å². The highest BCUT2D eigenvalue weighted by molar-refractivity contribution is 7.16. The van der Waals surface area contributed by atoms with Crippen LogP contribution in [0.3, 0.4) is 0 Å². The van der Waals surface area contributed by atoms with Crippen LogP contribution in [0, 0.1) is 19.7 Å². The maximum atomic E-state index is 14.1. The third-order valence-electron chi connectivity index (χ3n) is 3.62. The van der Waals surface area contributed by atoms with Crippen LogP contribution in [-0.2, 0) is 9.53 Å². The van der Waals surface area contributed by atoms with Crippen LogP contribution in [0.1, 0.15) is 45.0 Å². The molecule has 0 aliphatic carbocycles. The van der Waals surface area contributed by atoms with E-state index < -0.39 is 17.7 Å². The van der Waals surface area contributed by atoms with E-state index in [1.54, 1.807) is 13.8 Å². The Labute approximate surface area is 154 Å². The molecule has 0 saturated carbocycles. The normalized spacial score (nSPS) is 10.3.